The molecule has 27 heavy (non-hydrogen) atoms. The number of rotatable bonds is 6. The van der Waals surface area contributed by atoms with E-state index in [9.17, 15) is 26.4 Å². The van der Waals surface area contributed by atoms with Gasteiger partial charge < -0.3 is 10.2 Å². The van der Waals surface area contributed by atoms with Crippen LogP contribution in [0, 0.1) is 5.92 Å². The van der Waals surface area contributed by atoms with E-state index >= 15 is 0 Å². The van der Waals surface area contributed by atoms with Crippen molar-refractivity contribution in [3.8, 4) is 0 Å². The van der Waals surface area contributed by atoms with E-state index in [2.05, 4.69) is 0 Å². The van der Waals surface area contributed by atoms with Crippen molar-refractivity contribution in [1.29, 1.82) is 0 Å². The summed E-state index contributed by atoms with van der Waals surface area (Å²) >= 11 is 11.8. The van der Waals surface area contributed by atoms with Crippen LogP contribution in [0.15, 0.2) is 23.1 Å². The molecule has 152 valence electrons. The van der Waals surface area contributed by atoms with E-state index in [1.54, 1.807) is 0 Å². The van der Waals surface area contributed by atoms with Gasteiger partial charge in [-0.3, -0.25) is 4.79 Å². The zero-order valence-electron chi connectivity index (χ0n) is 14.2. The first-order valence-corrected chi connectivity index (χ1v) is 10.6. The van der Waals surface area contributed by atoms with E-state index in [0.29, 0.717) is 25.9 Å². The third kappa shape index (κ3) is 6.81. The molecule has 1 amide bonds. The van der Waals surface area contributed by atoms with Gasteiger partial charge in [-0.2, -0.15) is 13.2 Å². The zero-order chi connectivity index (χ0) is 20.2. The summed E-state index contributed by atoms with van der Waals surface area (Å²) in [6, 6.07) is 4.22. The maximum Gasteiger partial charge on any atom is 0.405 e. The highest BCUT2D eigenvalue weighted by molar-refractivity contribution is 7.91. The highest BCUT2D eigenvalue weighted by atomic mass is 35.5. The number of benzene rings is 1. The summed E-state index contributed by atoms with van der Waals surface area (Å²) in [5.41, 5.74) is 0. The Morgan fingerprint density at radius 3 is 2.44 bits per heavy atom. The third-order valence-corrected chi connectivity index (χ3v) is 6.73. The van der Waals surface area contributed by atoms with Gasteiger partial charge in [0.1, 0.15) is 6.54 Å². The lowest BCUT2D eigenvalue weighted by atomic mass is 9.96. The minimum atomic E-state index is -4.44. The number of nitrogens with one attached hydrogen (secondary N) is 1. The van der Waals surface area contributed by atoms with Crippen molar-refractivity contribution >= 4 is 38.9 Å². The highest BCUT2D eigenvalue weighted by Gasteiger charge is 2.31. The fraction of sp³-hybridized carbons (Fsp3) is 0.562. The van der Waals surface area contributed by atoms with Gasteiger partial charge in [0, 0.05) is 17.5 Å². The maximum atomic E-state index is 12.5. The normalized spacial score (nSPS) is 17.1. The number of amides is 1. The molecule has 0 atom stereocenters. The van der Waals surface area contributed by atoms with Gasteiger partial charge in [-0.25, -0.2) is 8.42 Å². The highest BCUT2D eigenvalue weighted by Crippen LogP contribution is 2.26. The molecule has 0 radical (unpaired) electrons. The van der Waals surface area contributed by atoms with Crippen molar-refractivity contribution < 1.29 is 26.4 Å². The Kier molecular flexibility index (Phi) is 7.40. The van der Waals surface area contributed by atoms with E-state index < -0.39 is 34.4 Å². The average molecular weight is 447 g/mol. The molecule has 11 heteroatoms. The second kappa shape index (κ2) is 8.98. The topological polar surface area (TPSA) is 66.5 Å². The smallest absolute Gasteiger partial charge is 0.347 e. The van der Waals surface area contributed by atoms with E-state index in [0.717, 1.165) is 0 Å². The van der Waals surface area contributed by atoms with E-state index in [-0.39, 0.29) is 27.2 Å². The van der Waals surface area contributed by atoms with E-state index in [1.807, 2.05) is 10.2 Å². The molecule has 0 spiro atoms. The minimum Gasteiger partial charge on any atom is -0.347 e. The molecule has 2 rings (SSSR count). The zero-order valence-corrected chi connectivity index (χ0v) is 16.6. The second-order valence-corrected chi connectivity index (χ2v) is 9.26. The SMILES string of the molecule is O=C(NCC(F)(F)F)C1CCN(CCS(=O)(=O)c2cc(Cl)ccc2Cl)CC1. The van der Waals surface area contributed by atoms with Crippen LogP contribution in [0.5, 0.6) is 0 Å². The number of carbonyl (C=O) groups is 1. The summed E-state index contributed by atoms with van der Waals surface area (Å²) in [4.78, 5) is 13.6. The summed E-state index contributed by atoms with van der Waals surface area (Å²) in [7, 11) is -3.63. The fourth-order valence-electron chi connectivity index (χ4n) is 2.83. The molecule has 1 aliphatic rings. The number of nitrogens with zero attached hydrogens (tertiary/aromatic N) is 1. The molecule has 1 saturated heterocycles. The number of carbonyl (C=O) groups excluding carboxylic acids is 1. The molecule has 0 saturated carbocycles. The minimum absolute atomic E-state index is 0.0296. The summed E-state index contributed by atoms with van der Waals surface area (Å²) in [6.45, 7) is -0.238. The maximum absolute atomic E-state index is 12.5. The van der Waals surface area contributed by atoms with Crippen LogP contribution in [0.3, 0.4) is 0 Å². The van der Waals surface area contributed by atoms with Crippen molar-refractivity contribution in [2.24, 2.45) is 5.92 Å². The third-order valence-electron chi connectivity index (χ3n) is 4.33. The number of piperidine rings is 1. The number of hydrogen-bond donors (Lipinski definition) is 1. The standard InChI is InChI=1S/C16H19Cl2F3N2O3S/c17-12-1-2-13(18)14(9-12)27(25,26)8-7-23-5-3-11(4-6-23)15(24)22-10-16(19,20)21/h1-2,9,11H,3-8,10H2,(H,22,24). The Morgan fingerprint density at radius 2 is 1.85 bits per heavy atom. The van der Waals surface area contributed by atoms with Crippen LogP contribution in [0.2, 0.25) is 10.0 Å². The Bertz CT molecular complexity index is 780. The van der Waals surface area contributed by atoms with Gasteiger partial charge in [0.2, 0.25) is 5.91 Å². The number of sulfone groups is 1. The molecule has 0 aromatic heterocycles. The Labute approximate surface area is 165 Å². The summed E-state index contributed by atoms with van der Waals surface area (Å²) < 4.78 is 61.4. The van der Waals surface area contributed by atoms with Crippen molar-refractivity contribution in [2.75, 3.05) is 31.9 Å². The lowest BCUT2D eigenvalue weighted by Gasteiger charge is -2.31. The lowest BCUT2D eigenvalue weighted by molar-refractivity contribution is -0.141. The molecule has 1 aromatic rings. The first-order chi connectivity index (χ1) is 12.5. The van der Waals surface area contributed by atoms with Gasteiger partial charge in [-0.15, -0.1) is 0 Å². The molecule has 1 heterocycles. The molecule has 1 aromatic carbocycles. The molecule has 5 nitrogen and oxygen atoms in total. The molecule has 1 aliphatic heterocycles. The van der Waals surface area contributed by atoms with Crippen LogP contribution in [-0.4, -0.2) is 57.3 Å². The Morgan fingerprint density at radius 1 is 1.22 bits per heavy atom. The molecule has 0 unspecified atom stereocenters. The van der Waals surface area contributed by atoms with Gasteiger partial charge in [-0.1, -0.05) is 23.2 Å². The van der Waals surface area contributed by atoms with Gasteiger partial charge in [-0.05, 0) is 44.1 Å². The van der Waals surface area contributed by atoms with Crippen molar-refractivity contribution in [2.45, 2.75) is 23.9 Å². The molecular weight excluding hydrogens is 428 g/mol. The van der Waals surface area contributed by atoms with Gasteiger partial charge in [0.25, 0.3) is 0 Å². The van der Waals surface area contributed by atoms with Crippen LogP contribution in [0.4, 0.5) is 13.2 Å². The van der Waals surface area contributed by atoms with Crippen LogP contribution < -0.4 is 5.32 Å². The van der Waals surface area contributed by atoms with Gasteiger partial charge >= 0.3 is 6.18 Å². The van der Waals surface area contributed by atoms with Crippen LogP contribution in [-0.2, 0) is 14.6 Å². The largest absolute Gasteiger partial charge is 0.405 e. The second-order valence-electron chi connectivity index (χ2n) is 6.34. The van der Waals surface area contributed by atoms with Crippen LogP contribution in [0.25, 0.3) is 0 Å². The molecule has 0 aliphatic carbocycles. The van der Waals surface area contributed by atoms with Crippen molar-refractivity contribution in [1.82, 2.24) is 10.2 Å². The fourth-order valence-corrected chi connectivity index (χ4v) is 4.92. The number of halogens is 5. The molecule has 0 bridgehead atoms. The number of alkyl halides is 3. The summed E-state index contributed by atoms with van der Waals surface area (Å²) in [5, 5.41) is 2.25. The van der Waals surface area contributed by atoms with Gasteiger partial charge in [0.05, 0.1) is 15.7 Å². The number of likely N-dealkylation sites (tertiary alicyclic amines) is 1. The average Bonchev–Trinajstić information content (AvgIpc) is 2.60. The predicted molar refractivity (Wildman–Crippen MR) is 96.7 cm³/mol. The monoisotopic (exact) mass is 446 g/mol. The summed E-state index contributed by atoms with van der Waals surface area (Å²) in [5.74, 6) is -1.29. The quantitative estimate of drug-likeness (QED) is 0.728. The molecular formula is C16H19Cl2F3N2O3S. The Hall–Kier alpha value is -1.03. The van der Waals surface area contributed by atoms with E-state index in [1.165, 1.54) is 18.2 Å². The van der Waals surface area contributed by atoms with Crippen molar-refractivity contribution in [3.05, 3.63) is 28.2 Å². The van der Waals surface area contributed by atoms with E-state index in [4.69, 9.17) is 23.2 Å². The first-order valence-electron chi connectivity index (χ1n) is 8.22. The summed E-state index contributed by atoms with van der Waals surface area (Å²) in [6.07, 6.45) is -3.68. The first kappa shape index (κ1) is 22.3. The number of hydrogen-bond acceptors (Lipinski definition) is 4. The van der Waals surface area contributed by atoms with Crippen molar-refractivity contribution in [3.63, 3.8) is 0 Å². The molecule has 1 fully saturated rings. The Balaban J connectivity index is 1.84. The molecule has 1 N–H and O–H groups in total. The van der Waals surface area contributed by atoms with Crippen LogP contribution in [0.1, 0.15) is 12.8 Å². The lowest BCUT2D eigenvalue weighted by Crippen LogP contribution is -2.43. The van der Waals surface area contributed by atoms with Crippen LogP contribution >= 0.6 is 23.2 Å². The predicted octanol–water partition coefficient (Wildman–Crippen LogP) is 3.16. The van der Waals surface area contributed by atoms with Gasteiger partial charge in [0.15, 0.2) is 9.84 Å².